The average molecular weight is 409 g/mol. The Kier molecular flexibility index (Phi) is 7.97. The Morgan fingerprint density at radius 3 is 3.10 bits per heavy atom. The van der Waals surface area contributed by atoms with E-state index in [1.165, 1.54) is 0 Å². The second-order valence-electron chi connectivity index (χ2n) is 4.82. The number of aliphatic imine (C=N–C) groups is 1. The summed E-state index contributed by atoms with van der Waals surface area (Å²) in [6.45, 7) is 5.65. The van der Waals surface area contributed by atoms with E-state index in [9.17, 15) is 0 Å². The van der Waals surface area contributed by atoms with E-state index in [2.05, 4.69) is 25.4 Å². The lowest BCUT2D eigenvalue weighted by Gasteiger charge is -2.34. The van der Waals surface area contributed by atoms with Crippen LogP contribution in [0.4, 0.5) is 0 Å². The number of rotatable bonds is 4. The predicted octanol–water partition coefficient (Wildman–Crippen LogP) is 0.759. The van der Waals surface area contributed by atoms with Gasteiger partial charge in [-0.1, -0.05) is 0 Å². The van der Waals surface area contributed by atoms with E-state index < -0.39 is 0 Å². The highest BCUT2D eigenvalue weighted by molar-refractivity contribution is 14.0. The molecule has 1 aromatic heterocycles. The van der Waals surface area contributed by atoms with Gasteiger partial charge in [-0.3, -0.25) is 10.1 Å². The number of aromatic amines is 1. The molecule has 1 aliphatic rings. The van der Waals surface area contributed by atoms with Crippen LogP contribution in [0, 0.1) is 6.92 Å². The maximum Gasteiger partial charge on any atom is 0.194 e. The highest BCUT2D eigenvalue weighted by atomic mass is 127. The van der Waals surface area contributed by atoms with Crippen LogP contribution in [0.5, 0.6) is 0 Å². The van der Waals surface area contributed by atoms with Gasteiger partial charge in [-0.05, 0) is 6.92 Å². The van der Waals surface area contributed by atoms with Crippen LogP contribution in [-0.4, -0.2) is 67.6 Å². The summed E-state index contributed by atoms with van der Waals surface area (Å²) in [7, 11) is 3.49. The zero-order chi connectivity index (χ0) is 14.4. The quantitative estimate of drug-likeness (QED) is 0.437. The van der Waals surface area contributed by atoms with Gasteiger partial charge in [0.25, 0.3) is 0 Å². The van der Waals surface area contributed by atoms with E-state index in [0.717, 1.165) is 30.3 Å². The first-order chi connectivity index (χ1) is 9.74. The molecule has 8 heteroatoms. The molecular formula is C13H24IN5O2. The van der Waals surface area contributed by atoms with Crippen LogP contribution in [0.2, 0.25) is 0 Å². The van der Waals surface area contributed by atoms with Crippen LogP contribution < -0.4 is 5.32 Å². The number of hydrogen-bond donors (Lipinski definition) is 2. The van der Waals surface area contributed by atoms with E-state index in [1.807, 2.05) is 13.1 Å². The number of aromatic nitrogens is 2. The van der Waals surface area contributed by atoms with Crippen LogP contribution in [0.3, 0.4) is 0 Å². The normalized spacial score (nSPS) is 19.3. The van der Waals surface area contributed by atoms with Crippen molar-refractivity contribution in [2.75, 3.05) is 40.5 Å². The maximum absolute atomic E-state index is 5.65. The van der Waals surface area contributed by atoms with E-state index in [4.69, 9.17) is 9.47 Å². The molecule has 1 atom stereocenters. The number of nitrogens with one attached hydrogen (secondary N) is 2. The van der Waals surface area contributed by atoms with Crippen molar-refractivity contribution in [2.24, 2.45) is 4.99 Å². The Morgan fingerprint density at radius 2 is 2.48 bits per heavy atom. The number of ether oxygens (including phenoxy) is 2. The maximum atomic E-state index is 5.65. The predicted molar refractivity (Wildman–Crippen MR) is 92.1 cm³/mol. The Morgan fingerprint density at radius 1 is 1.67 bits per heavy atom. The number of halogens is 1. The van der Waals surface area contributed by atoms with Crippen molar-refractivity contribution >= 4 is 29.9 Å². The van der Waals surface area contributed by atoms with Crippen molar-refractivity contribution in [3.05, 3.63) is 17.5 Å². The zero-order valence-electron chi connectivity index (χ0n) is 12.8. The monoisotopic (exact) mass is 409 g/mol. The SMILES string of the molecule is CN=C(NCc1cn[nH]c1C)N1CCOC(COC)C1.I. The largest absolute Gasteiger partial charge is 0.382 e. The number of guanidine groups is 1. The smallest absolute Gasteiger partial charge is 0.194 e. The van der Waals surface area contributed by atoms with Crippen molar-refractivity contribution in [3.63, 3.8) is 0 Å². The Hall–Kier alpha value is -0.870. The molecule has 2 heterocycles. The highest BCUT2D eigenvalue weighted by Crippen LogP contribution is 2.07. The topological polar surface area (TPSA) is 74.8 Å². The van der Waals surface area contributed by atoms with Gasteiger partial charge >= 0.3 is 0 Å². The fourth-order valence-electron chi connectivity index (χ4n) is 2.26. The molecule has 2 rings (SSSR count). The third-order valence-corrected chi connectivity index (χ3v) is 3.37. The summed E-state index contributed by atoms with van der Waals surface area (Å²) >= 11 is 0. The highest BCUT2D eigenvalue weighted by Gasteiger charge is 2.22. The lowest BCUT2D eigenvalue weighted by atomic mass is 10.2. The van der Waals surface area contributed by atoms with Crippen LogP contribution in [0.15, 0.2) is 11.2 Å². The molecule has 0 spiro atoms. The minimum Gasteiger partial charge on any atom is -0.382 e. The molecule has 0 aromatic carbocycles. The first kappa shape index (κ1) is 18.2. The summed E-state index contributed by atoms with van der Waals surface area (Å²) in [5.41, 5.74) is 2.22. The van der Waals surface area contributed by atoms with Crippen molar-refractivity contribution in [3.8, 4) is 0 Å². The molecule has 1 unspecified atom stereocenters. The number of aryl methyl sites for hydroxylation is 1. The number of nitrogens with zero attached hydrogens (tertiary/aromatic N) is 3. The second kappa shape index (κ2) is 9.21. The molecule has 0 aliphatic carbocycles. The summed E-state index contributed by atoms with van der Waals surface area (Å²) in [5.74, 6) is 0.884. The van der Waals surface area contributed by atoms with Gasteiger partial charge in [-0.25, -0.2) is 0 Å². The van der Waals surface area contributed by atoms with Gasteiger partial charge in [0.1, 0.15) is 0 Å². The molecule has 2 N–H and O–H groups in total. The second-order valence-corrected chi connectivity index (χ2v) is 4.82. The van der Waals surface area contributed by atoms with Crippen LogP contribution in [0.1, 0.15) is 11.3 Å². The lowest BCUT2D eigenvalue weighted by molar-refractivity contribution is -0.0447. The molecule has 1 fully saturated rings. The van der Waals surface area contributed by atoms with Crippen molar-refractivity contribution in [1.82, 2.24) is 20.4 Å². The van der Waals surface area contributed by atoms with E-state index >= 15 is 0 Å². The number of morpholine rings is 1. The molecule has 21 heavy (non-hydrogen) atoms. The molecule has 120 valence electrons. The van der Waals surface area contributed by atoms with E-state index in [-0.39, 0.29) is 30.1 Å². The third kappa shape index (κ3) is 5.11. The van der Waals surface area contributed by atoms with Crippen LogP contribution in [-0.2, 0) is 16.0 Å². The van der Waals surface area contributed by atoms with Crippen LogP contribution >= 0.6 is 24.0 Å². The van der Waals surface area contributed by atoms with E-state index in [0.29, 0.717) is 19.8 Å². The standard InChI is InChI=1S/C13H23N5O2.HI/c1-10-11(7-16-17-10)6-15-13(14-2)18-4-5-20-12(8-18)9-19-3;/h7,12H,4-6,8-9H2,1-3H3,(H,14,15)(H,16,17);1H. The minimum absolute atomic E-state index is 0. The molecule has 1 aliphatic heterocycles. The third-order valence-electron chi connectivity index (χ3n) is 3.37. The molecule has 0 amide bonds. The van der Waals surface area contributed by atoms with Gasteiger partial charge < -0.3 is 19.7 Å². The molecule has 1 saturated heterocycles. The first-order valence-electron chi connectivity index (χ1n) is 6.79. The van der Waals surface area contributed by atoms with Gasteiger partial charge in [-0.15, -0.1) is 24.0 Å². The van der Waals surface area contributed by atoms with Gasteiger partial charge in [0.05, 0.1) is 25.5 Å². The minimum atomic E-state index is 0. The van der Waals surface area contributed by atoms with Gasteiger partial charge in [0, 0.05) is 45.0 Å². The van der Waals surface area contributed by atoms with Gasteiger partial charge in [-0.2, -0.15) is 5.10 Å². The van der Waals surface area contributed by atoms with Gasteiger partial charge in [0.2, 0.25) is 0 Å². The zero-order valence-corrected chi connectivity index (χ0v) is 15.1. The molecule has 0 bridgehead atoms. The number of H-pyrrole nitrogens is 1. The molecular weight excluding hydrogens is 385 g/mol. The average Bonchev–Trinajstić information content (AvgIpc) is 2.86. The number of methoxy groups -OCH3 is 1. The summed E-state index contributed by atoms with van der Waals surface area (Å²) in [5, 5.41) is 10.3. The summed E-state index contributed by atoms with van der Waals surface area (Å²) < 4.78 is 10.8. The Balaban J connectivity index is 0.00000220. The molecule has 7 nitrogen and oxygen atoms in total. The fourth-order valence-corrected chi connectivity index (χ4v) is 2.26. The molecule has 0 saturated carbocycles. The van der Waals surface area contributed by atoms with E-state index in [1.54, 1.807) is 14.2 Å². The molecule has 0 radical (unpaired) electrons. The van der Waals surface area contributed by atoms with Crippen molar-refractivity contribution in [1.29, 1.82) is 0 Å². The molecule has 1 aromatic rings. The van der Waals surface area contributed by atoms with Crippen molar-refractivity contribution < 1.29 is 9.47 Å². The first-order valence-corrected chi connectivity index (χ1v) is 6.79. The summed E-state index contributed by atoms with van der Waals surface area (Å²) in [6.07, 6.45) is 1.94. The number of hydrogen-bond acceptors (Lipinski definition) is 4. The fraction of sp³-hybridized carbons (Fsp3) is 0.692. The van der Waals surface area contributed by atoms with Gasteiger partial charge in [0.15, 0.2) is 5.96 Å². The van der Waals surface area contributed by atoms with Crippen molar-refractivity contribution in [2.45, 2.75) is 19.6 Å². The Labute approximate surface area is 142 Å². The summed E-state index contributed by atoms with van der Waals surface area (Å²) in [6, 6.07) is 0. The summed E-state index contributed by atoms with van der Waals surface area (Å²) in [4.78, 5) is 6.54. The van der Waals surface area contributed by atoms with Crippen LogP contribution in [0.25, 0.3) is 0 Å². The lowest BCUT2D eigenvalue weighted by Crippen LogP contribution is -2.51. The Bertz CT molecular complexity index is 450.